The standard InChI is InChI=1S/C55H44N4/c1-37-46(43-33-34-53-50(36-43)48-28-14-15-31-51(48)58(53)44-24-11-6-12-25-44)29-18-30-49-47-27-13-16-32-52(47)59(54(37)49)45-26-17-23-42(35-45)39(3)57-55(41-21-9-5-10-22-41)56-38(2)40-19-7-4-8-20-40/h4-29,31-36,47,52H,2,30H2,1,3H3. The second-order valence-corrected chi connectivity index (χ2v) is 15.5. The zero-order chi connectivity index (χ0) is 39.9. The summed E-state index contributed by atoms with van der Waals surface area (Å²) >= 11 is 0. The molecule has 0 amide bonds. The highest BCUT2D eigenvalue weighted by Gasteiger charge is 2.40. The van der Waals surface area contributed by atoms with Crippen LogP contribution in [0.2, 0.25) is 0 Å². The van der Waals surface area contributed by atoms with E-state index in [1.807, 2.05) is 48.5 Å². The van der Waals surface area contributed by atoms with Crippen LogP contribution in [0.5, 0.6) is 0 Å². The Labute approximate surface area is 346 Å². The van der Waals surface area contributed by atoms with Gasteiger partial charge in [-0.3, -0.25) is 0 Å². The minimum Gasteiger partial charge on any atom is -0.333 e. The largest absolute Gasteiger partial charge is 0.333 e. The van der Waals surface area contributed by atoms with Crippen LogP contribution in [0.4, 0.5) is 5.69 Å². The lowest BCUT2D eigenvalue weighted by Gasteiger charge is -2.32. The summed E-state index contributed by atoms with van der Waals surface area (Å²) in [6, 6.07) is 55.7. The van der Waals surface area contributed by atoms with Crippen molar-refractivity contribution in [2.75, 3.05) is 4.90 Å². The smallest absolute Gasteiger partial charge is 0.160 e. The number of fused-ring (bicyclic) bond motifs is 5. The van der Waals surface area contributed by atoms with Crippen LogP contribution >= 0.6 is 0 Å². The van der Waals surface area contributed by atoms with Gasteiger partial charge < -0.3 is 9.47 Å². The van der Waals surface area contributed by atoms with E-state index in [2.05, 4.69) is 176 Å². The molecule has 0 spiro atoms. The molecule has 0 N–H and O–H groups in total. The third kappa shape index (κ3) is 6.53. The van der Waals surface area contributed by atoms with Crippen molar-refractivity contribution >= 4 is 50.3 Å². The summed E-state index contributed by atoms with van der Waals surface area (Å²) < 4.78 is 2.38. The van der Waals surface area contributed by atoms with E-state index in [4.69, 9.17) is 9.98 Å². The number of para-hydroxylation sites is 2. The van der Waals surface area contributed by atoms with E-state index >= 15 is 0 Å². The maximum Gasteiger partial charge on any atom is 0.160 e. The van der Waals surface area contributed by atoms with Crippen LogP contribution in [-0.2, 0) is 0 Å². The van der Waals surface area contributed by atoms with E-state index in [9.17, 15) is 0 Å². The van der Waals surface area contributed by atoms with Crippen molar-refractivity contribution in [3.8, 4) is 5.69 Å². The van der Waals surface area contributed by atoms with Crippen molar-refractivity contribution in [2.24, 2.45) is 15.9 Å². The normalized spacial score (nSPS) is 17.8. The maximum atomic E-state index is 5.19. The van der Waals surface area contributed by atoms with E-state index in [-0.39, 0.29) is 12.0 Å². The lowest BCUT2D eigenvalue weighted by molar-refractivity contribution is 0.668. The summed E-state index contributed by atoms with van der Waals surface area (Å²) in [7, 11) is 0. The summed E-state index contributed by atoms with van der Waals surface area (Å²) in [5.74, 6) is 0.913. The first-order chi connectivity index (χ1) is 29.0. The average molecular weight is 761 g/mol. The van der Waals surface area contributed by atoms with Crippen LogP contribution in [-0.4, -0.2) is 22.2 Å². The van der Waals surface area contributed by atoms with Crippen LogP contribution in [0, 0.1) is 5.92 Å². The number of benzene rings is 6. The van der Waals surface area contributed by atoms with Crippen LogP contribution in [0.25, 0.3) is 38.8 Å². The second kappa shape index (κ2) is 15.2. The number of anilines is 1. The summed E-state index contributed by atoms with van der Waals surface area (Å²) in [5, 5.41) is 2.51. The molecule has 4 heteroatoms. The predicted molar refractivity (Wildman–Crippen MR) is 249 cm³/mol. The van der Waals surface area contributed by atoms with Gasteiger partial charge in [0.15, 0.2) is 5.84 Å². The Hall–Kier alpha value is -7.30. The number of aliphatic imine (C=N–C) groups is 2. The minimum atomic E-state index is 0.169. The van der Waals surface area contributed by atoms with E-state index in [1.165, 1.54) is 55.5 Å². The Balaban J connectivity index is 1.07. The highest BCUT2D eigenvalue weighted by atomic mass is 15.2. The fourth-order valence-corrected chi connectivity index (χ4v) is 9.11. The Kier molecular flexibility index (Phi) is 9.31. The summed E-state index contributed by atoms with van der Waals surface area (Å²) in [6.07, 6.45) is 14.8. The third-order valence-corrected chi connectivity index (χ3v) is 11.9. The van der Waals surface area contributed by atoms with Crippen molar-refractivity contribution < 1.29 is 0 Å². The molecule has 4 nitrogen and oxygen atoms in total. The van der Waals surface area contributed by atoms with Crippen molar-refractivity contribution in [1.82, 2.24) is 4.57 Å². The van der Waals surface area contributed by atoms with Gasteiger partial charge in [-0.25, -0.2) is 9.98 Å². The molecule has 2 atom stereocenters. The van der Waals surface area contributed by atoms with Crippen LogP contribution in [0.1, 0.15) is 42.5 Å². The third-order valence-electron chi connectivity index (χ3n) is 11.9. The Morgan fingerprint density at radius 2 is 1.29 bits per heavy atom. The van der Waals surface area contributed by atoms with Gasteiger partial charge in [0, 0.05) is 45.0 Å². The van der Waals surface area contributed by atoms with Crippen molar-refractivity contribution in [3.05, 3.63) is 240 Å². The zero-order valence-electron chi connectivity index (χ0n) is 33.3. The van der Waals surface area contributed by atoms with E-state index in [0.29, 0.717) is 11.5 Å². The topological polar surface area (TPSA) is 32.9 Å². The van der Waals surface area contributed by atoms with Gasteiger partial charge >= 0.3 is 0 Å². The number of nitrogens with zero attached hydrogens (tertiary/aromatic N) is 4. The fourth-order valence-electron chi connectivity index (χ4n) is 9.11. The number of aromatic nitrogens is 1. The molecule has 0 radical (unpaired) electrons. The van der Waals surface area contributed by atoms with Gasteiger partial charge in [-0.1, -0.05) is 158 Å². The molecular weight excluding hydrogens is 717 g/mol. The molecule has 0 saturated heterocycles. The fraction of sp³-hybridized carbons (Fsp3) is 0.0909. The number of rotatable bonds is 7. The zero-order valence-corrected chi connectivity index (χ0v) is 33.3. The number of allylic oxidation sites excluding steroid dienone is 6. The quantitative estimate of drug-likeness (QED) is 0.118. The number of hydrogen-bond acceptors (Lipinski definition) is 2. The van der Waals surface area contributed by atoms with Gasteiger partial charge in [0.2, 0.25) is 0 Å². The van der Waals surface area contributed by atoms with E-state index in [1.54, 1.807) is 0 Å². The molecular formula is C55H44N4. The molecule has 2 aliphatic carbocycles. The van der Waals surface area contributed by atoms with E-state index < -0.39 is 0 Å². The Morgan fingerprint density at radius 3 is 2.08 bits per heavy atom. The van der Waals surface area contributed by atoms with Gasteiger partial charge in [-0.2, -0.15) is 0 Å². The monoisotopic (exact) mass is 760 g/mol. The first-order valence-corrected chi connectivity index (χ1v) is 20.4. The van der Waals surface area contributed by atoms with Gasteiger partial charge in [-0.05, 0) is 96.1 Å². The van der Waals surface area contributed by atoms with Gasteiger partial charge in [-0.15, -0.1) is 0 Å². The Bertz CT molecular complexity index is 2990. The summed E-state index contributed by atoms with van der Waals surface area (Å²) in [5.41, 5.74) is 15.8. The molecule has 0 saturated carbocycles. The average Bonchev–Trinajstić information content (AvgIpc) is 3.74. The first kappa shape index (κ1) is 36.1. The molecule has 59 heavy (non-hydrogen) atoms. The molecule has 2 heterocycles. The molecule has 3 aliphatic rings. The van der Waals surface area contributed by atoms with Crippen LogP contribution in [0.3, 0.4) is 0 Å². The van der Waals surface area contributed by atoms with E-state index in [0.717, 1.165) is 34.5 Å². The number of hydrogen-bond donors (Lipinski definition) is 0. The summed E-state index contributed by atoms with van der Waals surface area (Å²) in [4.78, 5) is 12.7. The van der Waals surface area contributed by atoms with Gasteiger partial charge in [0.1, 0.15) is 0 Å². The molecule has 1 aromatic heterocycles. The van der Waals surface area contributed by atoms with Gasteiger partial charge in [0.25, 0.3) is 0 Å². The van der Waals surface area contributed by atoms with Crippen molar-refractivity contribution in [2.45, 2.75) is 26.3 Å². The minimum absolute atomic E-state index is 0.169. The number of amidine groups is 1. The summed E-state index contributed by atoms with van der Waals surface area (Å²) in [6.45, 7) is 8.70. The molecule has 10 rings (SSSR count). The van der Waals surface area contributed by atoms with Crippen molar-refractivity contribution in [3.63, 3.8) is 0 Å². The lowest BCUT2D eigenvalue weighted by atomic mass is 9.88. The van der Waals surface area contributed by atoms with Gasteiger partial charge in [0.05, 0.1) is 22.8 Å². The molecule has 0 fully saturated rings. The van der Waals surface area contributed by atoms with Crippen LogP contribution < -0.4 is 4.90 Å². The highest BCUT2D eigenvalue weighted by Crippen LogP contribution is 2.48. The molecule has 6 aromatic carbocycles. The first-order valence-electron chi connectivity index (χ1n) is 20.4. The highest BCUT2D eigenvalue weighted by molar-refractivity contribution is 6.13. The SMILES string of the molecule is C=C(N=C(N=C(C)c1cccc(N2C3=C(CC=CC(c4ccc5c(c4)c4ccccc4n5-c4ccccc4)=C3C)C3C=CC=CC32)c1)c1ccccc1)c1ccccc1. The van der Waals surface area contributed by atoms with Crippen molar-refractivity contribution in [1.29, 1.82) is 0 Å². The molecule has 7 aromatic rings. The lowest BCUT2D eigenvalue weighted by Crippen LogP contribution is -2.33. The second-order valence-electron chi connectivity index (χ2n) is 15.5. The maximum absolute atomic E-state index is 5.19. The molecule has 284 valence electrons. The molecule has 1 aliphatic heterocycles. The van der Waals surface area contributed by atoms with Crippen LogP contribution in [0.15, 0.2) is 228 Å². The predicted octanol–water partition coefficient (Wildman–Crippen LogP) is 13.3. The Morgan fingerprint density at radius 1 is 0.627 bits per heavy atom. The molecule has 0 bridgehead atoms. The molecule has 2 unspecified atom stereocenters.